The van der Waals surface area contributed by atoms with E-state index in [-0.39, 0.29) is 24.0 Å². The number of rotatable bonds is 3. The van der Waals surface area contributed by atoms with E-state index in [2.05, 4.69) is 19.9 Å². The average Bonchev–Trinajstić information content (AvgIpc) is 3.13. The van der Waals surface area contributed by atoms with E-state index >= 15 is 0 Å². The zero-order chi connectivity index (χ0) is 19.7. The van der Waals surface area contributed by atoms with Gasteiger partial charge < -0.3 is 14.5 Å². The average molecular weight is 384 g/mol. The summed E-state index contributed by atoms with van der Waals surface area (Å²) in [5, 5.41) is 5.28. The van der Waals surface area contributed by atoms with Crippen LogP contribution in [-0.4, -0.2) is 51.3 Å². The Labute approximate surface area is 158 Å². The van der Waals surface area contributed by atoms with Crippen LogP contribution in [0.5, 0.6) is 6.01 Å². The van der Waals surface area contributed by atoms with Crippen LogP contribution in [0.25, 0.3) is 4.85 Å². The molecular weight excluding hydrogens is 370 g/mol. The first-order valence-electron chi connectivity index (χ1n) is 8.47. The van der Waals surface area contributed by atoms with Gasteiger partial charge in [0.15, 0.2) is 0 Å². The second kappa shape index (κ2) is 7.19. The number of benzene rings is 1. The summed E-state index contributed by atoms with van der Waals surface area (Å²) >= 11 is 0. The van der Waals surface area contributed by atoms with Crippen molar-refractivity contribution in [2.45, 2.75) is 18.6 Å². The fourth-order valence-corrected chi connectivity index (χ4v) is 3.06. The maximum atomic E-state index is 13.5. The summed E-state index contributed by atoms with van der Waals surface area (Å²) in [6.45, 7) is 7.53. The van der Waals surface area contributed by atoms with Crippen molar-refractivity contribution in [3.05, 3.63) is 59.1 Å². The number of hydrogen-bond acceptors (Lipinski definition) is 5. The quantitative estimate of drug-likeness (QED) is 0.763. The second-order valence-corrected chi connectivity index (χ2v) is 6.33. The number of likely N-dealkylation sites (tertiary alicyclic amines) is 1. The van der Waals surface area contributed by atoms with Crippen LogP contribution in [0.4, 0.5) is 19.4 Å². The Kier molecular flexibility index (Phi) is 4.57. The van der Waals surface area contributed by atoms with E-state index in [4.69, 9.17) is 11.3 Å². The molecule has 0 spiro atoms. The Morgan fingerprint density at radius 3 is 2.71 bits per heavy atom. The van der Waals surface area contributed by atoms with E-state index in [0.29, 0.717) is 25.1 Å². The minimum absolute atomic E-state index is 0.0814. The van der Waals surface area contributed by atoms with Crippen LogP contribution in [0.2, 0.25) is 0 Å². The molecule has 0 saturated carbocycles. The fourth-order valence-electron chi connectivity index (χ4n) is 3.06. The molecule has 0 bridgehead atoms. The van der Waals surface area contributed by atoms with Gasteiger partial charge in [0, 0.05) is 24.9 Å². The summed E-state index contributed by atoms with van der Waals surface area (Å²) in [7, 11) is 0. The van der Waals surface area contributed by atoms with Crippen LogP contribution in [-0.2, 0) is 0 Å². The maximum absolute atomic E-state index is 13.5. The van der Waals surface area contributed by atoms with Gasteiger partial charge in [-0.2, -0.15) is 10.1 Å². The van der Waals surface area contributed by atoms with Crippen LogP contribution >= 0.6 is 0 Å². The van der Waals surface area contributed by atoms with Crippen molar-refractivity contribution in [2.75, 3.05) is 13.1 Å². The summed E-state index contributed by atoms with van der Waals surface area (Å²) in [5.41, 5.74) is 0.348. The topological polar surface area (TPSA) is 75.3 Å². The molecule has 0 unspecified atom stereocenters. The number of ether oxygens (including phenoxy) is 1. The minimum Gasteiger partial charge on any atom is -0.439 e. The monoisotopic (exact) mass is 384 g/mol. The predicted molar refractivity (Wildman–Crippen MR) is 93.7 cm³/mol. The molecule has 1 atom stereocenters. The van der Waals surface area contributed by atoms with Gasteiger partial charge in [-0.3, -0.25) is 0 Å². The van der Waals surface area contributed by atoms with Gasteiger partial charge in [0.1, 0.15) is 17.7 Å². The van der Waals surface area contributed by atoms with Gasteiger partial charge in [0.2, 0.25) is 0 Å². The molecule has 2 aliphatic rings. The largest absolute Gasteiger partial charge is 0.439 e. The molecule has 1 fully saturated rings. The number of amides is 2. The van der Waals surface area contributed by atoms with Crippen molar-refractivity contribution in [3.63, 3.8) is 0 Å². The molecule has 2 aromatic rings. The smallest absolute Gasteiger partial charge is 0.416 e. The molecule has 0 N–H and O–H groups in total. The van der Waals surface area contributed by atoms with E-state index < -0.39 is 17.7 Å². The van der Waals surface area contributed by atoms with Gasteiger partial charge in [0.25, 0.3) is 5.82 Å². The molecule has 10 heteroatoms. The van der Waals surface area contributed by atoms with E-state index in [9.17, 15) is 13.6 Å². The van der Waals surface area contributed by atoms with Crippen LogP contribution in [0.15, 0.2) is 35.6 Å². The Hall–Kier alpha value is -3.61. The lowest BCUT2D eigenvalue weighted by atomic mass is 10.0. The van der Waals surface area contributed by atoms with Gasteiger partial charge in [-0.1, -0.05) is 11.6 Å². The summed E-state index contributed by atoms with van der Waals surface area (Å²) in [5.74, 6) is -1.23. The van der Waals surface area contributed by atoms with E-state index in [1.165, 1.54) is 34.3 Å². The minimum atomic E-state index is -0.701. The highest BCUT2D eigenvalue weighted by Gasteiger charge is 2.39. The Morgan fingerprint density at radius 2 is 2.00 bits per heavy atom. The van der Waals surface area contributed by atoms with Crippen molar-refractivity contribution in [1.82, 2.24) is 19.9 Å². The lowest BCUT2D eigenvalue weighted by Crippen LogP contribution is -2.59. The third-order valence-electron chi connectivity index (χ3n) is 4.42. The van der Waals surface area contributed by atoms with Crippen molar-refractivity contribution < 1.29 is 18.3 Å². The van der Waals surface area contributed by atoms with E-state index in [1.807, 2.05) is 0 Å². The van der Waals surface area contributed by atoms with Gasteiger partial charge in [-0.05, 0) is 23.8 Å². The van der Waals surface area contributed by atoms with Gasteiger partial charge in [0.05, 0.1) is 19.1 Å². The highest BCUT2D eigenvalue weighted by atomic mass is 19.1. The molecule has 4 rings (SSSR count). The maximum Gasteiger partial charge on any atom is 0.416 e. The van der Waals surface area contributed by atoms with Gasteiger partial charge >= 0.3 is 12.0 Å². The number of halogens is 2. The lowest BCUT2D eigenvalue weighted by molar-refractivity contribution is 0.0226. The number of urea groups is 1. The predicted octanol–water partition coefficient (Wildman–Crippen LogP) is 2.92. The third-order valence-corrected chi connectivity index (χ3v) is 4.42. The van der Waals surface area contributed by atoms with Crippen LogP contribution in [0.3, 0.4) is 0 Å². The SMILES string of the molecule is [C-]#[N+]c1ccnc(OC2CN(C(=O)N3N=CC[C@H]3c3cc(F)cc(F)c3)C2)n1. The summed E-state index contributed by atoms with van der Waals surface area (Å²) in [4.78, 5) is 25.3. The Balaban J connectivity index is 1.38. The molecule has 3 heterocycles. The van der Waals surface area contributed by atoms with Crippen molar-refractivity contribution in [2.24, 2.45) is 5.10 Å². The highest BCUT2D eigenvalue weighted by Crippen LogP contribution is 2.31. The molecule has 2 amide bonds. The molecule has 2 aliphatic heterocycles. The molecule has 0 radical (unpaired) electrons. The highest BCUT2D eigenvalue weighted by molar-refractivity contribution is 5.79. The Morgan fingerprint density at radius 1 is 1.25 bits per heavy atom. The number of carbonyl (C=O) groups excluding carboxylic acids is 1. The second-order valence-electron chi connectivity index (χ2n) is 6.33. The fraction of sp³-hybridized carbons (Fsp3) is 0.278. The van der Waals surface area contributed by atoms with Crippen LogP contribution < -0.4 is 4.74 Å². The standard InChI is InChI=1S/C18H14F2N6O2/c1-21-16-3-4-22-17(24-16)28-14-9-25(10-14)18(27)26-15(2-5-23-26)11-6-12(19)8-13(20)7-11/h3-8,14-15H,2,9-10H2/t15-/m0/s1. The van der Waals surface area contributed by atoms with Crippen LogP contribution in [0.1, 0.15) is 18.0 Å². The zero-order valence-corrected chi connectivity index (χ0v) is 14.5. The summed E-state index contributed by atoms with van der Waals surface area (Å²) < 4.78 is 32.6. The molecule has 1 saturated heterocycles. The number of nitrogens with zero attached hydrogens (tertiary/aromatic N) is 6. The summed E-state index contributed by atoms with van der Waals surface area (Å²) in [6, 6.07) is 3.80. The molecular formula is C18H14F2N6O2. The van der Waals surface area contributed by atoms with Crippen molar-refractivity contribution in [1.29, 1.82) is 0 Å². The van der Waals surface area contributed by atoms with Gasteiger partial charge in [-0.15, -0.1) is 0 Å². The molecule has 28 heavy (non-hydrogen) atoms. The van der Waals surface area contributed by atoms with Crippen molar-refractivity contribution >= 4 is 18.1 Å². The first kappa shape index (κ1) is 17.8. The van der Waals surface area contributed by atoms with E-state index in [1.54, 1.807) is 6.21 Å². The van der Waals surface area contributed by atoms with Gasteiger partial charge in [-0.25, -0.2) is 18.6 Å². The zero-order valence-electron chi connectivity index (χ0n) is 14.5. The number of hydrazone groups is 1. The number of aromatic nitrogens is 2. The summed E-state index contributed by atoms with van der Waals surface area (Å²) in [6.07, 6.45) is 3.04. The van der Waals surface area contributed by atoms with E-state index in [0.717, 1.165) is 6.07 Å². The molecule has 0 aliphatic carbocycles. The van der Waals surface area contributed by atoms with Crippen LogP contribution in [0, 0.1) is 18.2 Å². The van der Waals surface area contributed by atoms with Crippen molar-refractivity contribution in [3.8, 4) is 6.01 Å². The first-order valence-corrected chi connectivity index (χ1v) is 8.47. The molecule has 1 aromatic carbocycles. The number of carbonyl (C=O) groups is 1. The number of hydrogen-bond donors (Lipinski definition) is 0. The lowest BCUT2D eigenvalue weighted by Gasteiger charge is -2.40. The molecule has 8 nitrogen and oxygen atoms in total. The third kappa shape index (κ3) is 3.46. The molecule has 142 valence electrons. The normalized spacial score (nSPS) is 18.7. The molecule has 1 aromatic heterocycles. The first-order chi connectivity index (χ1) is 13.5. The Bertz CT molecular complexity index is 966.